The van der Waals surface area contributed by atoms with Crippen molar-refractivity contribution >= 4 is 23.5 Å². The number of hydrogen-bond donors (Lipinski definition) is 1. The fraction of sp³-hybridized carbons (Fsp3) is 0.333. The first-order chi connectivity index (χ1) is 15.5. The number of nitrogens with zero attached hydrogens (tertiary/aromatic N) is 4. The molecule has 2 N–H and O–H groups in total. The second kappa shape index (κ2) is 9.48. The maximum atomic E-state index is 6.03. The fourth-order valence-electron chi connectivity index (χ4n) is 3.48. The van der Waals surface area contributed by atoms with E-state index < -0.39 is 0 Å². The van der Waals surface area contributed by atoms with Crippen molar-refractivity contribution < 1.29 is 9.47 Å². The minimum atomic E-state index is 0.0299. The third kappa shape index (κ3) is 4.65. The van der Waals surface area contributed by atoms with Gasteiger partial charge in [-0.2, -0.15) is 0 Å². The third-order valence-corrected chi connectivity index (χ3v) is 5.83. The molecule has 0 saturated heterocycles. The molecule has 3 aromatic rings. The van der Waals surface area contributed by atoms with Crippen LogP contribution in [0.5, 0.6) is 11.6 Å². The van der Waals surface area contributed by atoms with Gasteiger partial charge in [-0.15, -0.1) is 11.3 Å². The molecule has 0 unspecified atom stereocenters. The Bertz CT molecular complexity index is 1170. The van der Waals surface area contributed by atoms with Crippen LogP contribution >= 0.6 is 11.3 Å². The Kier molecular flexibility index (Phi) is 6.50. The molecule has 1 aromatic carbocycles. The van der Waals surface area contributed by atoms with Crippen molar-refractivity contribution in [3.63, 3.8) is 0 Å². The van der Waals surface area contributed by atoms with E-state index >= 15 is 0 Å². The Hall–Kier alpha value is -3.26. The van der Waals surface area contributed by atoms with E-state index in [1.165, 1.54) is 6.34 Å². The molecule has 32 heavy (non-hydrogen) atoms. The summed E-state index contributed by atoms with van der Waals surface area (Å²) in [6, 6.07) is 10.1. The first-order valence-corrected chi connectivity index (χ1v) is 11.5. The molecule has 3 heterocycles. The normalized spacial score (nSPS) is 13.8. The smallest absolute Gasteiger partial charge is 0.221 e. The number of aromatic nitrogens is 2. The maximum Gasteiger partial charge on any atom is 0.221 e. The van der Waals surface area contributed by atoms with Gasteiger partial charge in [0.05, 0.1) is 24.7 Å². The van der Waals surface area contributed by atoms with E-state index in [0.29, 0.717) is 18.3 Å². The lowest BCUT2D eigenvalue weighted by Gasteiger charge is -2.14. The molecule has 0 fully saturated rings. The highest BCUT2D eigenvalue weighted by molar-refractivity contribution is 7.14. The summed E-state index contributed by atoms with van der Waals surface area (Å²) in [5.74, 6) is 1.98. The highest BCUT2D eigenvalue weighted by atomic mass is 32.1. The van der Waals surface area contributed by atoms with Gasteiger partial charge in [-0.3, -0.25) is 4.99 Å². The molecule has 0 spiro atoms. The van der Waals surface area contributed by atoms with Gasteiger partial charge in [0.25, 0.3) is 0 Å². The van der Waals surface area contributed by atoms with Crippen LogP contribution in [0.25, 0.3) is 22.4 Å². The van der Waals surface area contributed by atoms with Crippen LogP contribution in [0.1, 0.15) is 37.6 Å². The van der Waals surface area contributed by atoms with Gasteiger partial charge in [0.1, 0.15) is 5.75 Å². The first-order valence-electron chi connectivity index (χ1n) is 10.7. The molecule has 2 aromatic heterocycles. The monoisotopic (exact) mass is 449 g/mol. The summed E-state index contributed by atoms with van der Waals surface area (Å²) in [6.07, 6.45) is 3.81. The zero-order chi connectivity index (χ0) is 22.7. The largest absolute Gasteiger partial charge is 0.493 e. The molecule has 7 nitrogen and oxygen atoms in total. The van der Waals surface area contributed by atoms with Gasteiger partial charge in [-0.05, 0) is 57.5 Å². The summed E-state index contributed by atoms with van der Waals surface area (Å²) < 4.78 is 12.0. The average molecular weight is 450 g/mol. The molecule has 0 bridgehead atoms. The lowest BCUT2D eigenvalue weighted by atomic mass is 10.0. The molecule has 8 heteroatoms. The highest BCUT2D eigenvalue weighted by Crippen LogP contribution is 2.41. The number of benzene rings is 1. The van der Waals surface area contributed by atoms with Crippen LogP contribution in [0.3, 0.4) is 0 Å². The molecule has 0 atom stereocenters. The summed E-state index contributed by atoms with van der Waals surface area (Å²) >= 11 is 1.59. The second-order valence-corrected chi connectivity index (χ2v) is 9.03. The summed E-state index contributed by atoms with van der Waals surface area (Å²) in [6.45, 7) is 8.58. The SMILES string of the molecule is CC(C)N=C(N=CN)c1nc2c(s1)CCOc1ccc(-c3cccnc3OC(C)C)cc1-2. The van der Waals surface area contributed by atoms with Crippen LogP contribution in [0, 0.1) is 0 Å². The molecule has 166 valence electrons. The van der Waals surface area contributed by atoms with E-state index in [-0.39, 0.29) is 12.1 Å². The summed E-state index contributed by atoms with van der Waals surface area (Å²) in [5.41, 5.74) is 9.33. The number of hydrogen-bond acceptors (Lipinski definition) is 6. The topological polar surface area (TPSA) is 95.0 Å². The minimum Gasteiger partial charge on any atom is -0.493 e. The summed E-state index contributed by atoms with van der Waals surface area (Å²) in [4.78, 5) is 19.4. The molecule has 0 amide bonds. The number of pyridine rings is 1. The number of thiazole rings is 1. The van der Waals surface area contributed by atoms with Crippen molar-refractivity contribution in [2.24, 2.45) is 15.7 Å². The van der Waals surface area contributed by atoms with Crippen LogP contribution in [-0.2, 0) is 6.42 Å². The Labute approximate surface area is 192 Å². The maximum absolute atomic E-state index is 6.03. The highest BCUT2D eigenvalue weighted by Gasteiger charge is 2.23. The van der Waals surface area contributed by atoms with E-state index in [0.717, 1.165) is 44.4 Å². The van der Waals surface area contributed by atoms with Crippen molar-refractivity contribution in [3.05, 3.63) is 46.4 Å². The van der Waals surface area contributed by atoms with Crippen molar-refractivity contribution in [2.75, 3.05) is 6.61 Å². The third-order valence-electron chi connectivity index (χ3n) is 4.72. The standard InChI is InChI=1S/C24H27N5O2S/c1-14(2)28-22(27-13-25)24-29-21-18-12-16(7-8-19(18)30-11-9-20(21)32-24)17-6-5-10-26-23(17)31-15(3)4/h5-8,10,12-15H,9,11H2,1-4H3,(H2,25,27,28). The van der Waals surface area contributed by atoms with E-state index in [1.807, 2.05) is 52.0 Å². The van der Waals surface area contributed by atoms with E-state index in [2.05, 4.69) is 21.0 Å². The van der Waals surface area contributed by atoms with E-state index in [9.17, 15) is 0 Å². The Morgan fingerprint density at radius 2 is 2.06 bits per heavy atom. The van der Waals surface area contributed by atoms with Crippen molar-refractivity contribution in [2.45, 2.75) is 46.3 Å². The zero-order valence-electron chi connectivity index (χ0n) is 18.7. The number of ether oxygens (including phenoxy) is 2. The van der Waals surface area contributed by atoms with Crippen LogP contribution in [0.4, 0.5) is 0 Å². The van der Waals surface area contributed by atoms with Gasteiger partial charge in [0.15, 0.2) is 10.8 Å². The lowest BCUT2D eigenvalue weighted by Crippen LogP contribution is -2.07. The number of nitrogens with two attached hydrogens (primary N) is 1. The van der Waals surface area contributed by atoms with Crippen LogP contribution in [0.2, 0.25) is 0 Å². The number of aliphatic imine (C=N–C) groups is 2. The van der Waals surface area contributed by atoms with E-state index in [4.69, 9.17) is 20.2 Å². The van der Waals surface area contributed by atoms with Gasteiger partial charge in [0, 0.05) is 34.7 Å². The lowest BCUT2D eigenvalue weighted by molar-refractivity contribution is 0.234. The van der Waals surface area contributed by atoms with Gasteiger partial charge in [-0.25, -0.2) is 15.0 Å². The Morgan fingerprint density at radius 1 is 1.22 bits per heavy atom. The Morgan fingerprint density at radius 3 is 2.81 bits per heavy atom. The Balaban J connectivity index is 1.82. The summed E-state index contributed by atoms with van der Waals surface area (Å²) in [7, 11) is 0. The van der Waals surface area contributed by atoms with Crippen LogP contribution in [0.15, 0.2) is 46.5 Å². The minimum absolute atomic E-state index is 0.0299. The summed E-state index contributed by atoms with van der Waals surface area (Å²) in [5, 5.41) is 0.758. The van der Waals surface area contributed by atoms with Gasteiger partial charge >= 0.3 is 0 Å². The van der Waals surface area contributed by atoms with Crippen LogP contribution in [-0.4, -0.2) is 40.9 Å². The molecular formula is C24H27N5O2S. The van der Waals surface area contributed by atoms with Crippen molar-refractivity contribution in [3.8, 4) is 34.0 Å². The quantitative estimate of drug-likeness (QED) is 0.449. The van der Waals surface area contributed by atoms with Gasteiger partial charge in [0.2, 0.25) is 5.88 Å². The second-order valence-electron chi connectivity index (χ2n) is 7.95. The molecular weight excluding hydrogens is 422 g/mol. The molecule has 0 saturated carbocycles. The van der Waals surface area contributed by atoms with Gasteiger partial charge in [-0.1, -0.05) is 6.07 Å². The number of rotatable bonds is 5. The number of fused-ring (bicyclic) bond motifs is 3. The van der Waals surface area contributed by atoms with Crippen LogP contribution < -0.4 is 15.2 Å². The van der Waals surface area contributed by atoms with Gasteiger partial charge < -0.3 is 15.2 Å². The molecule has 4 rings (SSSR count). The fourth-order valence-corrected chi connectivity index (χ4v) is 4.48. The molecule has 0 aliphatic carbocycles. The predicted octanol–water partition coefficient (Wildman–Crippen LogP) is 4.74. The van der Waals surface area contributed by atoms with Crippen molar-refractivity contribution in [1.29, 1.82) is 0 Å². The predicted molar refractivity (Wildman–Crippen MR) is 130 cm³/mol. The zero-order valence-corrected chi connectivity index (χ0v) is 19.5. The molecule has 1 aliphatic rings. The number of amidine groups is 1. The molecule has 1 aliphatic heterocycles. The molecule has 0 radical (unpaired) electrons. The first kappa shape index (κ1) is 22.0. The van der Waals surface area contributed by atoms with Crippen molar-refractivity contribution in [1.82, 2.24) is 9.97 Å². The average Bonchev–Trinajstić information content (AvgIpc) is 3.10. The van der Waals surface area contributed by atoms with E-state index in [1.54, 1.807) is 17.5 Å².